The summed E-state index contributed by atoms with van der Waals surface area (Å²) in [5, 5.41) is 0. The summed E-state index contributed by atoms with van der Waals surface area (Å²) in [7, 11) is 0. The number of hydrogen-bond donors (Lipinski definition) is 1. The van der Waals surface area contributed by atoms with Crippen LogP contribution in [0.3, 0.4) is 0 Å². The largest absolute Gasteiger partial charge is 0.330 e. The standard InChI is InChI=1S/C11H23N/c1-10(2)5-9(7-12)6-11(3,4)8-10/h9H,5-8,12H2,1-4H3. The van der Waals surface area contributed by atoms with Crippen LogP contribution in [0.4, 0.5) is 0 Å². The molecule has 1 nitrogen and oxygen atoms in total. The first kappa shape index (κ1) is 10.0. The Balaban J connectivity index is 2.66. The van der Waals surface area contributed by atoms with Crippen molar-refractivity contribution in [1.29, 1.82) is 0 Å². The highest BCUT2D eigenvalue weighted by molar-refractivity contribution is 4.89. The Morgan fingerprint density at radius 3 is 1.83 bits per heavy atom. The molecular formula is C11H23N. The maximum absolute atomic E-state index is 5.75. The van der Waals surface area contributed by atoms with Gasteiger partial charge in [-0.25, -0.2) is 0 Å². The molecule has 0 bridgehead atoms. The lowest BCUT2D eigenvalue weighted by Gasteiger charge is -2.44. The lowest BCUT2D eigenvalue weighted by Crippen LogP contribution is -2.36. The molecule has 1 aliphatic rings. The third-order valence-electron chi connectivity index (χ3n) is 2.97. The van der Waals surface area contributed by atoms with Crippen LogP contribution in [0.15, 0.2) is 0 Å². The van der Waals surface area contributed by atoms with Gasteiger partial charge >= 0.3 is 0 Å². The van der Waals surface area contributed by atoms with Gasteiger partial charge in [0.05, 0.1) is 0 Å². The van der Waals surface area contributed by atoms with E-state index in [1.807, 2.05) is 0 Å². The summed E-state index contributed by atoms with van der Waals surface area (Å²) in [6.45, 7) is 10.4. The van der Waals surface area contributed by atoms with Crippen molar-refractivity contribution < 1.29 is 0 Å². The van der Waals surface area contributed by atoms with Gasteiger partial charge in [-0.3, -0.25) is 0 Å². The Bertz CT molecular complexity index is 142. The van der Waals surface area contributed by atoms with Crippen LogP contribution in [0.1, 0.15) is 47.0 Å². The van der Waals surface area contributed by atoms with E-state index in [4.69, 9.17) is 5.73 Å². The second-order valence-corrected chi connectivity index (χ2v) is 6.02. The number of nitrogens with two attached hydrogens (primary N) is 1. The lowest BCUT2D eigenvalue weighted by molar-refractivity contribution is 0.0712. The predicted molar refractivity (Wildman–Crippen MR) is 54.0 cm³/mol. The van der Waals surface area contributed by atoms with Crippen LogP contribution in [-0.4, -0.2) is 6.54 Å². The summed E-state index contributed by atoms with van der Waals surface area (Å²) in [5.41, 5.74) is 6.76. The molecule has 0 heterocycles. The Labute approximate surface area is 76.7 Å². The molecule has 0 aliphatic heterocycles. The maximum atomic E-state index is 5.75. The van der Waals surface area contributed by atoms with Crippen LogP contribution in [0.5, 0.6) is 0 Å². The van der Waals surface area contributed by atoms with Crippen molar-refractivity contribution in [3.63, 3.8) is 0 Å². The molecular weight excluding hydrogens is 146 g/mol. The fourth-order valence-corrected chi connectivity index (χ4v) is 3.24. The first-order valence-corrected chi connectivity index (χ1v) is 5.05. The van der Waals surface area contributed by atoms with Gasteiger partial charge in [-0.05, 0) is 42.6 Å². The molecule has 1 rings (SSSR count). The summed E-state index contributed by atoms with van der Waals surface area (Å²) < 4.78 is 0. The summed E-state index contributed by atoms with van der Waals surface area (Å²) >= 11 is 0. The van der Waals surface area contributed by atoms with Gasteiger partial charge in [0, 0.05) is 0 Å². The van der Waals surface area contributed by atoms with E-state index in [1.54, 1.807) is 0 Å². The molecule has 0 radical (unpaired) electrons. The van der Waals surface area contributed by atoms with E-state index >= 15 is 0 Å². The van der Waals surface area contributed by atoms with Gasteiger partial charge < -0.3 is 5.73 Å². The Hall–Kier alpha value is -0.0400. The van der Waals surface area contributed by atoms with Crippen LogP contribution >= 0.6 is 0 Å². The van der Waals surface area contributed by atoms with Crippen LogP contribution in [0, 0.1) is 16.7 Å². The van der Waals surface area contributed by atoms with Gasteiger partial charge in [0.1, 0.15) is 0 Å². The molecule has 2 N–H and O–H groups in total. The second kappa shape index (κ2) is 3.02. The summed E-state index contributed by atoms with van der Waals surface area (Å²) in [5.74, 6) is 0.753. The van der Waals surface area contributed by atoms with Gasteiger partial charge in [-0.15, -0.1) is 0 Å². The Kier molecular flexibility index (Phi) is 2.53. The molecule has 0 saturated heterocycles. The quantitative estimate of drug-likeness (QED) is 0.642. The minimum absolute atomic E-state index is 0.506. The zero-order chi connectivity index (χ0) is 9.41. The van der Waals surface area contributed by atoms with Gasteiger partial charge in [0.15, 0.2) is 0 Å². The third kappa shape index (κ3) is 2.48. The summed E-state index contributed by atoms with van der Waals surface area (Å²) in [6, 6.07) is 0. The molecule has 0 unspecified atom stereocenters. The second-order valence-electron chi connectivity index (χ2n) is 6.02. The molecule has 0 atom stereocenters. The summed E-state index contributed by atoms with van der Waals surface area (Å²) in [6.07, 6.45) is 3.97. The molecule has 1 saturated carbocycles. The van der Waals surface area contributed by atoms with Gasteiger partial charge in [-0.1, -0.05) is 27.7 Å². The molecule has 12 heavy (non-hydrogen) atoms. The average molecular weight is 169 g/mol. The SMILES string of the molecule is CC1(C)CC(CN)CC(C)(C)C1. The predicted octanol–water partition coefficient (Wildman–Crippen LogP) is 2.80. The molecule has 1 fully saturated rings. The van der Waals surface area contributed by atoms with Crippen LogP contribution in [0.2, 0.25) is 0 Å². The smallest absolute Gasteiger partial charge is 0.00485 e. The zero-order valence-corrected chi connectivity index (χ0v) is 8.98. The number of rotatable bonds is 1. The van der Waals surface area contributed by atoms with Crippen LogP contribution < -0.4 is 5.73 Å². The van der Waals surface area contributed by atoms with E-state index in [2.05, 4.69) is 27.7 Å². The van der Waals surface area contributed by atoms with E-state index in [1.165, 1.54) is 19.3 Å². The van der Waals surface area contributed by atoms with Gasteiger partial charge in [-0.2, -0.15) is 0 Å². The van der Waals surface area contributed by atoms with Crippen molar-refractivity contribution in [2.45, 2.75) is 47.0 Å². The normalized spacial score (nSPS) is 28.8. The average Bonchev–Trinajstić information content (AvgIpc) is 1.80. The van der Waals surface area contributed by atoms with E-state index in [-0.39, 0.29) is 0 Å². The fourth-order valence-electron chi connectivity index (χ4n) is 3.24. The highest BCUT2D eigenvalue weighted by Gasteiger charge is 2.37. The third-order valence-corrected chi connectivity index (χ3v) is 2.97. The molecule has 1 aliphatic carbocycles. The van der Waals surface area contributed by atoms with Crippen molar-refractivity contribution in [3.05, 3.63) is 0 Å². The molecule has 0 aromatic heterocycles. The minimum atomic E-state index is 0.506. The van der Waals surface area contributed by atoms with Crippen LogP contribution in [0.25, 0.3) is 0 Å². The Morgan fingerprint density at radius 2 is 1.50 bits per heavy atom. The Morgan fingerprint density at radius 1 is 1.08 bits per heavy atom. The lowest BCUT2D eigenvalue weighted by atomic mass is 9.61. The van der Waals surface area contributed by atoms with Crippen molar-refractivity contribution in [2.75, 3.05) is 6.54 Å². The van der Waals surface area contributed by atoms with Gasteiger partial charge in [0.25, 0.3) is 0 Å². The molecule has 1 heteroatoms. The number of hydrogen-bond acceptors (Lipinski definition) is 1. The summed E-state index contributed by atoms with van der Waals surface area (Å²) in [4.78, 5) is 0. The highest BCUT2D eigenvalue weighted by Crippen LogP contribution is 2.47. The van der Waals surface area contributed by atoms with Gasteiger partial charge in [0.2, 0.25) is 0 Å². The molecule has 0 amide bonds. The van der Waals surface area contributed by atoms with E-state index in [0.29, 0.717) is 10.8 Å². The molecule has 0 aromatic rings. The fraction of sp³-hybridized carbons (Fsp3) is 1.00. The molecule has 0 aromatic carbocycles. The first-order valence-electron chi connectivity index (χ1n) is 5.05. The first-order chi connectivity index (χ1) is 5.35. The van der Waals surface area contributed by atoms with Crippen molar-refractivity contribution in [3.8, 4) is 0 Å². The van der Waals surface area contributed by atoms with Crippen molar-refractivity contribution in [1.82, 2.24) is 0 Å². The van der Waals surface area contributed by atoms with Crippen LogP contribution in [-0.2, 0) is 0 Å². The van der Waals surface area contributed by atoms with E-state index < -0.39 is 0 Å². The molecule has 72 valence electrons. The maximum Gasteiger partial charge on any atom is -0.00485 e. The van der Waals surface area contributed by atoms with Crippen molar-refractivity contribution >= 4 is 0 Å². The van der Waals surface area contributed by atoms with E-state index in [9.17, 15) is 0 Å². The highest BCUT2D eigenvalue weighted by atomic mass is 14.6. The zero-order valence-electron chi connectivity index (χ0n) is 8.98. The topological polar surface area (TPSA) is 26.0 Å². The minimum Gasteiger partial charge on any atom is -0.330 e. The van der Waals surface area contributed by atoms with E-state index in [0.717, 1.165) is 12.5 Å². The molecule has 0 spiro atoms. The monoisotopic (exact) mass is 169 g/mol. The van der Waals surface area contributed by atoms with Crippen molar-refractivity contribution in [2.24, 2.45) is 22.5 Å².